The van der Waals surface area contributed by atoms with E-state index in [2.05, 4.69) is 15.5 Å². The monoisotopic (exact) mass is 355 g/mol. The van der Waals surface area contributed by atoms with E-state index in [-0.39, 0.29) is 24.4 Å². The Morgan fingerprint density at radius 3 is 2.69 bits per heavy atom. The summed E-state index contributed by atoms with van der Waals surface area (Å²) in [6.07, 6.45) is 0.379. The number of nitrogens with zero attached hydrogens (tertiary/aromatic N) is 2. The molecule has 0 aliphatic rings. The van der Waals surface area contributed by atoms with Gasteiger partial charge in [-0.1, -0.05) is 17.3 Å². The lowest BCUT2D eigenvalue weighted by Crippen LogP contribution is -2.13. The third-order valence-corrected chi connectivity index (χ3v) is 3.61. The van der Waals surface area contributed by atoms with Crippen molar-refractivity contribution in [3.8, 4) is 17.1 Å². The first-order valence-corrected chi connectivity index (χ1v) is 8.26. The number of carbonyl (C=O) groups is 1. The van der Waals surface area contributed by atoms with Crippen molar-refractivity contribution in [2.45, 2.75) is 19.8 Å². The number of aryl methyl sites for hydroxylation is 1. The zero-order chi connectivity index (χ0) is 18.4. The molecular weight excluding hydrogens is 337 g/mol. The van der Waals surface area contributed by atoms with Gasteiger partial charge < -0.3 is 14.6 Å². The molecule has 0 spiro atoms. The van der Waals surface area contributed by atoms with Gasteiger partial charge >= 0.3 is 0 Å². The van der Waals surface area contributed by atoms with E-state index < -0.39 is 5.82 Å². The Bertz CT molecular complexity index is 878. The zero-order valence-electron chi connectivity index (χ0n) is 14.2. The number of amides is 1. The molecule has 1 aromatic heterocycles. The maximum atomic E-state index is 13.5. The molecule has 7 heteroatoms. The minimum atomic E-state index is -0.476. The lowest BCUT2D eigenvalue weighted by Gasteiger charge is -2.04. The van der Waals surface area contributed by atoms with Crippen LogP contribution in [0.1, 0.15) is 19.2 Å². The van der Waals surface area contributed by atoms with Crippen molar-refractivity contribution >= 4 is 11.6 Å². The Morgan fingerprint density at radius 1 is 1.19 bits per heavy atom. The van der Waals surface area contributed by atoms with E-state index in [4.69, 9.17) is 9.26 Å². The molecule has 1 N–H and O–H groups in total. The summed E-state index contributed by atoms with van der Waals surface area (Å²) < 4.78 is 24.1. The van der Waals surface area contributed by atoms with Crippen LogP contribution in [0, 0.1) is 5.82 Å². The summed E-state index contributed by atoms with van der Waals surface area (Å²) in [4.78, 5) is 16.2. The van der Waals surface area contributed by atoms with Crippen molar-refractivity contribution in [2.24, 2.45) is 0 Å². The number of benzene rings is 2. The van der Waals surface area contributed by atoms with Crippen LogP contribution in [0.5, 0.6) is 5.75 Å². The van der Waals surface area contributed by atoms with Crippen LogP contribution < -0.4 is 10.1 Å². The standard InChI is InChI=1S/C19H18FN3O3/c1-2-25-14-9-7-13(8-10-14)19-22-18(26-23-19)12-11-17(24)21-16-6-4-3-5-15(16)20/h3-10H,2,11-12H2,1H3,(H,21,24). The largest absolute Gasteiger partial charge is 0.494 e. The molecule has 0 atom stereocenters. The average Bonchev–Trinajstić information content (AvgIpc) is 3.12. The molecule has 2 aromatic carbocycles. The molecule has 0 saturated heterocycles. The first-order valence-electron chi connectivity index (χ1n) is 8.26. The Morgan fingerprint density at radius 2 is 1.96 bits per heavy atom. The first-order chi connectivity index (χ1) is 12.7. The number of aromatic nitrogens is 2. The van der Waals surface area contributed by atoms with Gasteiger partial charge in [-0.25, -0.2) is 4.39 Å². The number of halogens is 1. The number of hydrogen-bond donors (Lipinski definition) is 1. The molecule has 3 rings (SSSR count). The molecular formula is C19H18FN3O3. The summed E-state index contributed by atoms with van der Waals surface area (Å²) in [6.45, 7) is 2.52. The van der Waals surface area contributed by atoms with Crippen LogP contribution in [0.15, 0.2) is 53.1 Å². The van der Waals surface area contributed by atoms with Crippen LogP contribution in [0.4, 0.5) is 10.1 Å². The highest BCUT2D eigenvalue weighted by atomic mass is 19.1. The molecule has 134 valence electrons. The van der Waals surface area contributed by atoms with Crippen LogP contribution >= 0.6 is 0 Å². The van der Waals surface area contributed by atoms with Crippen molar-refractivity contribution < 1.29 is 18.4 Å². The Kier molecular flexibility index (Phi) is 5.58. The van der Waals surface area contributed by atoms with Crippen LogP contribution in [-0.4, -0.2) is 22.7 Å². The molecule has 0 bridgehead atoms. The third kappa shape index (κ3) is 4.44. The van der Waals surface area contributed by atoms with Crippen LogP contribution in [0.25, 0.3) is 11.4 Å². The van der Waals surface area contributed by atoms with Gasteiger partial charge in [0.1, 0.15) is 11.6 Å². The summed E-state index contributed by atoms with van der Waals surface area (Å²) in [5.74, 6) is 0.757. The van der Waals surface area contributed by atoms with E-state index >= 15 is 0 Å². The maximum Gasteiger partial charge on any atom is 0.227 e. The molecule has 0 unspecified atom stereocenters. The lowest BCUT2D eigenvalue weighted by molar-refractivity contribution is -0.116. The second-order valence-corrected chi connectivity index (χ2v) is 5.50. The smallest absolute Gasteiger partial charge is 0.227 e. The molecule has 0 saturated carbocycles. The highest BCUT2D eigenvalue weighted by Crippen LogP contribution is 2.20. The molecule has 3 aromatic rings. The topological polar surface area (TPSA) is 77.2 Å². The highest BCUT2D eigenvalue weighted by molar-refractivity contribution is 5.90. The van der Waals surface area contributed by atoms with Gasteiger partial charge in [0.05, 0.1) is 12.3 Å². The minimum Gasteiger partial charge on any atom is -0.494 e. The van der Waals surface area contributed by atoms with Gasteiger partial charge in [0.2, 0.25) is 17.6 Å². The minimum absolute atomic E-state index is 0.110. The fourth-order valence-electron chi connectivity index (χ4n) is 2.34. The van der Waals surface area contributed by atoms with Gasteiger partial charge in [0.25, 0.3) is 0 Å². The number of nitrogens with one attached hydrogen (secondary N) is 1. The van der Waals surface area contributed by atoms with E-state index in [9.17, 15) is 9.18 Å². The SMILES string of the molecule is CCOc1ccc(-c2noc(CCC(=O)Nc3ccccc3F)n2)cc1. The fourth-order valence-corrected chi connectivity index (χ4v) is 2.34. The van der Waals surface area contributed by atoms with Crippen molar-refractivity contribution in [2.75, 3.05) is 11.9 Å². The number of carbonyl (C=O) groups excluding carboxylic acids is 1. The molecule has 1 heterocycles. The summed E-state index contributed by atoms with van der Waals surface area (Å²) in [5.41, 5.74) is 0.942. The quantitative estimate of drug-likeness (QED) is 0.697. The van der Waals surface area contributed by atoms with E-state index in [0.29, 0.717) is 18.3 Å². The zero-order valence-corrected chi connectivity index (χ0v) is 14.2. The van der Waals surface area contributed by atoms with Crippen LogP contribution in [0.3, 0.4) is 0 Å². The van der Waals surface area contributed by atoms with Crippen LogP contribution in [-0.2, 0) is 11.2 Å². The molecule has 6 nitrogen and oxygen atoms in total. The summed E-state index contributed by atoms with van der Waals surface area (Å²) >= 11 is 0. The Hall–Kier alpha value is -3.22. The predicted molar refractivity (Wildman–Crippen MR) is 94.3 cm³/mol. The van der Waals surface area contributed by atoms with Crippen molar-refractivity contribution in [1.29, 1.82) is 0 Å². The number of para-hydroxylation sites is 1. The van der Waals surface area contributed by atoms with E-state index in [0.717, 1.165) is 11.3 Å². The summed E-state index contributed by atoms with van der Waals surface area (Å²) in [7, 11) is 0. The number of ether oxygens (including phenoxy) is 1. The molecule has 26 heavy (non-hydrogen) atoms. The summed E-state index contributed by atoms with van der Waals surface area (Å²) in [5, 5.41) is 6.44. The Balaban J connectivity index is 1.56. The lowest BCUT2D eigenvalue weighted by atomic mass is 10.2. The van der Waals surface area contributed by atoms with E-state index in [1.807, 2.05) is 31.2 Å². The van der Waals surface area contributed by atoms with Crippen molar-refractivity contribution in [3.05, 3.63) is 60.2 Å². The first kappa shape index (κ1) is 17.6. The number of rotatable bonds is 7. The van der Waals surface area contributed by atoms with Gasteiger partial charge in [0.15, 0.2) is 0 Å². The molecule has 1 amide bonds. The normalized spacial score (nSPS) is 10.5. The van der Waals surface area contributed by atoms with E-state index in [1.54, 1.807) is 12.1 Å². The second kappa shape index (κ2) is 8.24. The Labute approximate surface area is 150 Å². The molecule has 0 radical (unpaired) electrons. The highest BCUT2D eigenvalue weighted by Gasteiger charge is 2.12. The van der Waals surface area contributed by atoms with Gasteiger partial charge in [-0.3, -0.25) is 4.79 Å². The third-order valence-electron chi connectivity index (χ3n) is 3.61. The average molecular weight is 355 g/mol. The molecule has 0 aliphatic heterocycles. The number of anilines is 1. The molecule has 0 fully saturated rings. The van der Waals surface area contributed by atoms with Crippen LogP contribution in [0.2, 0.25) is 0 Å². The van der Waals surface area contributed by atoms with Crippen molar-refractivity contribution in [1.82, 2.24) is 10.1 Å². The second-order valence-electron chi connectivity index (χ2n) is 5.50. The fraction of sp³-hybridized carbons (Fsp3) is 0.211. The van der Waals surface area contributed by atoms with Gasteiger partial charge in [-0.05, 0) is 43.3 Å². The van der Waals surface area contributed by atoms with Gasteiger partial charge in [-0.2, -0.15) is 4.98 Å². The van der Waals surface area contributed by atoms with E-state index in [1.165, 1.54) is 12.1 Å². The predicted octanol–water partition coefficient (Wildman–Crippen LogP) is 3.85. The molecule has 0 aliphatic carbocycles. The van der Waals surface area contributed by atoms with Gasteiger partial charge in [-0.15, -0.1) is 0 Å². The maximum absolute atomic E-state index is 13.5. The van der Waals surface area contributed by atoms with Crippen molar-refractivity contribution in [3.63, 3.8) is 0 Å². The summed E-state index contributed by atoms with van der Waals surface area (Å²) in [6, 6.07) is 13.3. The number of hydrogen-bond acceptors (Lipinski definition) is 5. The van der Waals surface area contributed by atoms with Gasteiger partial charge in [0, 0.05) is 18.4 Å².